The smallest absolute Gasteiger partial charge is 0.336 e. The van der Waals surface area contributed by atoms with Gasteiger partial charge in [-0.05, 0) is 53.8 Å². The molecule has 4 rings (SSSR count). The van der Waals surface area contributed by atoms with Crippen LogP contribution in [-0.2, 0) is 24.2 Å². The minimum atomic E-state index is -0.972. The molecule has 2 N–H and O–H groups in total. The van der Waals surface area contributed by atoms with Crippen LogP contribution < -0.4 is 5.32 Å². The number of hydrogen-bond donors (Lipinski definition) is 2. The number of nitrogens with one attached hydrogen (secondary N) is 1. The van der Waals surface area contributed by atoms with Crippen LogP contribution in [0.1, 0.15) is 43.8 Å². The molecule has 0 spiro atoms. The largest absolute Gasteiger partial charge is 0.478 e. The van der Waals surface area contributed by atoms with Gasteiger partial charge in [0.25, 0.3) is 5.91 Å². The van der Waals surface area contributed by atoms with Crippen LogP contribution in [0.25, 0.3) is 0 Å². The molecule has 2 aliphatic rings. The Morgan fingerprint density at radius 2 is 1.88 bits per heavy atom. The average molecular weight is 350 g/mol. The summed E-state index contributed by atoms with van der Waals surface area (Å²) in [6.45, 7) is 0.854. The van der Waals surface area contributed by atoms with Gasteiger partial charge >= 0.3 is 5.97 Å². The van der Waals surface area contributed by atoms with Gasteiger partial charge < -0.3 is 15.3 Å². The molecule has 2 amide bonds. The number of anilines is 1. The van der Waals surface area contributed by atoms with E-state index < -0.39 is 5.97 Å². The van der Waals surface area contributed by atoms with E-state index in [1.54, 1.807) is 29.2 Å². The Hall–Kier alpha value is -3.15. The van der Waals surface area contributed by atoms with Crippen molar-refractivity contribution in [3.05, 3.63) is 64.2 Å². The molecule has 0 aliphatic carbocycles. The number of carbonyl (C=O) groups excluding carboxylic acids is 2. The third-order valence-electron chi connectivity index (χ3n) is 5.04. The molecule has 0 bridgehead atoms. The van der Waals surface area contributed by atoms with E-state index in [4.69, 9.17) is 0 Å². The number of aromatic carboxylic acids is 1. The summed E-state index contributed by atoms with van der Waals surface area (Å²) in [4.78, 5) is 37.6. The molecule has 0 saturated carbocycles. The summed E-state index contributed by atoms with van der Waals surface area (Å²) in [5, 5.41) is 12.2. The fourth-order valence-electron chi connectivity index (χ4n) is 3.65. The van der Waals surface area contributed by atoms with Crippen LogP contribution in [0.5, 0.6) is 0 Å². The predicted octanol–water partition coefficient (Wildman–Crippen LogP) is 2.47. The quantitative estimate of drug-likeness (QED) is 0.871. The summed E-state index contributed by atoms with van der Waals surface area (Å²) in [7, 11) is 0. The summed E-state index contributed by atoms with van der Waals surface area (Å²) < 4.78 is 0. The standard InChI is InChI=1S/C20H18N2O4/c23-18-7-5-13-10-14(4-6-17(13)21-18)19(24)22-9-8-12-2-1-3-15(20(25)26)16(12)11-22/h1-4,6,10H,5,7-9,11H2,(H,21,23)(H,25,26). The zero-order chi connectivity index (χ0) is 18.3. The molecule has 2 aromatic rings. The molecule has 132 valence electrons. The molecular formula is C20H18N2O4. The Labute approximate surface area is 150 Å². The molecule has 26 heavy (non-hydrogen) atoms. The highest BCUT2D eigenvalue weighted by Crippen LogP contribution is 2.27. The Morgan fingerprint density at radius 3 is 2.69 bits per heavy atom. The van der Waals surface area contributed by atoms with E-state index in [0.29, 0.717) is 43.5 Å². The van der Waals surface area contributed by atoms with Crippen LogP contribution in [0.3, 0.4) is 0 Å². The lowest BCUT2D eigenvalue weighted by Crippen LogP contribution is -2.37. The molecular weight excluding hydrogens is 332 g/mol. The first-order valence-corrected chi connectivity index (χ1v) is 8.59. The first-order chi connectivity index (χ1) is 12.5. The Morgan fingerprint density at radius 1 is 1.04 bits per heavy atom. The molecule has 0 radical (unpaired) electrons. The highest BCUT2D eigenvalue weighted by atomic mass is 16.4. The lowest BCUT2D eigenvalue weighted by Gasteiger charge is -2.30. The molecule has 0 atom stereocenters. The number of carboxylic acids is 1. The number of aryl methyl sites for hydroxylation is 1. The molecule has 2 aromatic carbocycles. The summed E-state index contributed by atoms with van der Waals surface area (Å²) >= 11 is 0. The number of hydrogen-bond acceptors (Lipinski definition) is 3. The predicted molar refractivity (Wildman–Crippen MR) is 95.2 cm³/mol. The fourth-order valence-corrected chi connectivity index (χ4v) is 3.65. The number of benzene rings is 2. The number of rotatable bonds is 2. The lowest BCUT2D eigenvalue weighted by atomic mass is 9.94. The van der Waals surface area contributed by atoms with Crippen molar-refractivity contribution in [2.45, 2.75) is 25.8 Å². The van der Waals surface area contributed by atoms with Crippen molar-refractivity contribution in [3.63, 3.8) is 0 Å². The second-order valence-electron chi connectivity index (χ2n) is 6.65. The second-order valence-corrected chi connectivity index (χ2v) is 6.65. The van der Waals surface area contributed by atoms with E-state index in [1.165, 1.54) is 0 Å². The van der Waals surface area contributed by atoms with Crippen LogP contribution >= 0.6 is 0 Å². The van der Waals surface area contributed by atoms with Gasteiger partial charge in [0.05, 0.1) is 5.56 Å². The molecule has 6 heteroatoms. The van der Waals surface area contributed by atoms with Crippen molar-refractivity contribution in [2.75, 3.05) is 11.9 Å². The summed E-state index contributed by atoms with van der Waals surface area (Å²) in [5.41, 5.74) is 4.24. The van der Waals surface area contributed by atoms with Crippen LogP contribution in [0.15, 0.2) is 36.4 Å². The molecule has 2 aliphatic heterocycles. The van der Waals surface area contributed by atoms with Crippen LogP contribution in [-0.4, -0.2) is 34.3 Å². The van der Waals surface area contributed by atoms with Crippen LogP contribution in [0.4, 0.5) is 5.69 Å². The molecule has 0 fully saturated rings. The van der Waals surface area contributed by atoms with E-state index in [9.17, 15) is 19.5 Å². The van der Waals surface area contributed by atoms with Gasteiger partial charge in [-0.2, -0.15) is 0 Å². The summed E-state index contributed by atoms with van der Waals surface area (Å²) in [5.74, 6) is -1.10. The van der Waals surface area contributed by atoms with Gasteiger partial charge in [0, 0.05) is 30.8 Å². The van der Waals surface area contributed by atoms with E-state index in [-0.39, 0.29) is 17.4 Å². The lowest BCUT2D eigenvalue weighted by molar-refractivity contribution is -0.116. The maximum Gasteiger partial charge on any atom is 0.336 e. The zero-order valence-corrected chi connectivity index (χ0v) is 14.1. The Balaban J connectivity index is 1.60. The Kier molecular flexibility index (Phi) is 3.95. The van der Waals surface area contributed by atoms with Gasteiger partial charge in [-0.15, -0.1) is 0 Å². The molecule has 2 heterocycles. The van der Waals surface area contributed by atoms with Crippen molar-refractivity contribution in [2.24, 2.45) is 0 Å². The minimum absolute atomic E-state index is 0.00888. The van der Waals surface area contributed by atoms with Gasteiger partial charge in [0.1, 0.15) is 0 Å². The number of carbonyl (C=O) groups is 3. The monoisotopic (exact) mass is 350 g/mol. The second kappa shape index (κ2) is 6.29. The third kappa shape index (κ3) is 2.83. The van der Waals surface area contributed by atoms with E-state index in [1.807, 2.05) is 12.1 Å². The van der Waals surface area contributed by atoms with E-state index in [0.717, 1.165) is 16.8 Å². The first kappa shape index (κ1) is 16.3. The van der Waals surface area contributed by atoms with Gasteiger partial charge in [0.15, 0.2) is 0 Å². The molecule has 0 unspecified atom stereocenters. The van der Waals surface area contributed by atoms with Crippen molar-refractivity contribution in [3.8, 4) is 0 Å². The van der Waals surface area contributed by atoms with Crippen LogP contribution in [0, 0.1) is 0 Å². The summed E-state index contributed by atoms with van der Waals surface area (Å²) in [6.07, 6.45) is 1.68. The van der Waals surface area contributed by atoms with Gasteiger partial charge in [-0.3, -0.25) is 9.59 Å². The topological polar surface area (TPSA) is 86.7 Å². The van der Waals surface area contributed by atoms with Gasteiger partial charge in [-0.25, -0.2) is 4.79 Å². The highest BCUT2D eigenvalue weighted by molar-refractivity contribution is 5.98. The zero-order valence-electron chi connectivity index (χ0n) is 14.1. The normalized spacial score (nSPS) is 15.7. The highest BCUT2D eigenvalue weighted by Gasteiger charge is 2.26. The Bertz CT molecular complexity index is 935. The minimum Gasteiger partial charge on any atom is -0.478 e. The van der Waals surface area contributed by atoms with Crippen molar-refractivity contribution in [1.29, 1.82) is 0 Å². The number of carboxylic acid groups (broad SMARTS) is 1. The molecule has 0 saturated heterocycles. The average Bonchev–Trinajstić information content (AvgIpc) is 2.66. The van der Waals surface area contributed by atoms with Gasteiger partial charge in [-0.1, -0.05) is 12.1 Å². The number of fused-ring (bicyclic) bond motifs is 2. The van der Waals surface area contributed by atoms with E-state index >= 15 is 0 Å². The van der Waals surface area contributed by atoms with Crippen molar-refractivity contribution in [1.82, 2.24) is 4.90 Å². The number of nitrogens with zero attached hydrogens (tertiary/aromatic N) is 1. The summed E-state index contributed by atoms with van der Waals surface area (Å²) in [6, 6.07) is 10.6. The van der Waals surface area contributed by atoms with Crippen molar-refractivity contribution >= 4 is 23.5 Å². The number of amides is 2. The van der Waals surface area contributed by atoms with Crippen molar-refractivity contribution < 1.29 is 19.5 Å². The van der Waals surface area contributed by atoms with E-state index in [2.05, 4.69) is 5.32 Å². The van der Waals surface area contributed by atoms with Crippen LogP contribution in [0.2, 0.25) is 0 Å². The molecule has 0 aromatic heterocycles. The molecule has 6 nitrogen and oxygen atoms in total. The fraction of sp³-hybridized carbons (Fsp3) is 0.250. The maximum atomic E-state index is 12.9. The third-order valence-corrected chi connectivity index (χ3v) is 5.04. The first-order valence-electron chi connectivity index (χ1n) is 8.59. The SMILES string of the molecule is O=C1CCc2cc(C(=O)N3CCc4cccc(C(=O)O)c4C3)ccc2N1. The maximum absolute atomic E-state index is 12.9. The van der Waals surface area contributed by atoms with Gasteiger partial charge in [0.2, 0.25) is 5.91 Å².